The molecule has 144 valence electrons. The molecule has 0 aliphatic rings. The second-order valence-electron chi connectivity index (χ2n) is 5.52. The fourth-order valence-corrected chi connectivity index (χ4v) is 2.49. The fraction of sp³-hybridized carbons (Fsp3) is 0.0588. The second kappa shape index (κ2) is 7.39. The molecule has 1 heterocycles. The van der Waals surface area contributed by atoms with Crippen LogP contribution in [0.2, 0.25) is 5.28 Å². The number of non-ortho nitro benzene ring substituents is 1. The van der Waals surface area contributed by atoms with E-state index >= 15 is 0 Å². The van der Waals surface area contributed by atoms with Gasteiger partial charge in [-0.05, 0) is 35.4 Å². The highest BCUT2D eigenvalue weighted by Crippen LogP contribution is 2.34. The Morgan fingerprint density at radius 1 is 1.11 bits per heavy atom. The van der Waals surface area contributed by atoms with Crippen LogP contribution in [-0.2, 0) is 6.18 Å². The van der Waals surface area contributed by atoms with E-state index in [2.05, 4.69) is 15.3 Å². The fourth-order valence-electron chi connectivity index (χ4n) is 2.36. The molecular formula is C17H9ClF4N4O2. The largest absolute Gasteiger partial charge is 0.416 e. The monoisotopic (exact) mass is 412 g/mol. The zero-order valence-corrected chi connectivity index (χ0v) is 14.4. The number of halogens is 5. The zero-order valence-electron chi connectivity index (χ0n) is 13.7. The molecule has 3 aromatic rings. The number of alkyl halides is 3. The van der Waals surface area contributed by atoms with E-state index in [0.717, 1.165) is 30.3 Å². The maximum absolute atomic E-state index is 14.1. The van der Waals surface area contributed by atoms with E-state index in [1.807, 2.05) is 0 Å². The molecule has 3 rings (SSSR count). The van der Waals surface area contributed by atoms with Crippen LogP contribution in [0.5, 0.6) is 0 Å². The highest BCUT2D eigenvalue weighted by Gasteiger charge is 2.30. The summed E-state index contributed by atoms with van der Waals surface area (Å²) in [5.74, 6) is -0.821. The molecule has 0 bridgehead atoms. The van der Waals surface area contributed by atoms with Crippen molar-refractivity contribution >= 4 is 28.8 Å². The first-order valence-corrected chi connectivity index (χ1v) is 7.94. The first kappa shape index (κ1) is 19.5. The smallest absolute Gasteiger partial charge is 0.337 e. The Bertz CT molecular complexity index is 1040. The molecule has 0 unspecified atom stereocenters. The average molecular weight is 413 g/mol. The van der Waals surface area contributed by atoms with Crippen LogP contribution >= 0.6 is 11.6 Å². The molecule has 0 amide bonds. The van der Waals surface area contributed by atoms with Gasteiger partial charge in [-0.1, -0.05) is 12.1 Å². The molecule has 1 N–H and O–H groups in total. The molecule has 1 aromatic heterocycles. The number of anilines is 2. The van der Waals surface area contributed by atoms with E-state index in [4.69, 9.17) is 11.6 Å². The molecule has 2 aromatic carbocycles. The van der Waals surface area contributed by atoms with E-state index in [-0.39, 0.29) is 28.0 Å². The van der Waals surface area contributed by atoms with Crippen molar-refractivity contribution in [2.45, 2.75) is 6.18 Å². The van der Waals surface area contributed by atoms with Gasteiger partial charge in [-0.3, -0.25) is 10.1 Å². The normalized spacial score (nSPS) is 11.3. The van der Waals surface area contributed by atoms with Crippen LogP contribution in [0.4, 0.5) is 34.8 Å². The van der Waals surface area contributed by atoms with Crippen molar-refractivity contribution < 1.29 is 22.5 Å². The van der Waals surface area contributed by atoms with E-state index < -0.39 is 22.5 Å². The topological polar surface area (TPSA) is 81.0 Å². The Hall–Kier alpha value is -3.27. The molecular weight excluding hydrogens is 404 g/mol. The quantitative estimate of drug-likeness (QED) is 0.261. The van der Waals surface area contributed by atoms with Gasteiger partial charge in [-0.15, -0.1) is 0 Å². The lowest BCUT2D eigenvalue weighted by atomic mass is 10.1. The van der Waals surface area contributed by atoms with Gasteiger partial charge in [-0.25, -0.2) is 9.37 Å². The minimum absolute atomic E-state index is 0.0286. The summed E-state index contributed by atoms with van der Waals surface area (Å²) in [7, 11) is 0. The van der Waals surface area contributed by atoms with Gasteiger partial charge in [-0.2, -0.15) is 18.2 Å². The van der Waals surface area contributed by atoms with Crippen LogP contribution in [0.15, 0.2) is 48.7 Å². The molecule has 28 heavy (non-hydrogen) atoms. The number of nitro benzene ring substituents is 1. The van der Waals surface area contributed by atoms with Crippen molar-refractivity contribution in [3.8, 4) is 11.1 Å². The predicted octanol–water partition coefficient (Wildman–Crippen LogP) is 5.61. The van der Waals surface area contributed by atoms with Crippen molar-refractivity contribution in [3.63, 3.8) is 0 Å². The third kappa shape index (κ3) is 4.17. The molecule has 0 radical (unpaired) electrons. The van der Waals surface area contributed by atoms with E-state index in [9.17, 15) is 27.7 Å². The van der Waals surface area contributed by atoms with Crippen LogP contribution in [0.25, 0.3) is 11.1 Å². The molecule has 0 saturated carbocycles. The van der Waals surface area contributed by atoms with Crippen LogP contribution in [0, 0.1) is 15.9 Å². The van der Waals surface area contributed by atoms with Gasteiger partial charge in [0.1, 0.15) is 11.6 Å². The summed E-state index contributed by atoms with van der Waals surface area (Å²) in [5.41, 5.74) is -0.926. The number of rotatable bonds is 4. The Labute approximate surface area is 160 Å². The third-order valence-corrected chi connectivity index (χ3v) is 3.88. The Morgan fingerprint density at radius 2 is 1.79 bits per heavy atom. The number of hydrogen-bond donors (Lipinski definition) is 1. The van der Waals surface area contributed by atoms with Gasteiger partial charge >= 0.3 is 6.18 Å². The molecule has 0 spiro atoms. The summed E-state index contributed by atoms with van der Waals surface area (Å²) in [6.07, 6.45) is -3.25. The second-order valence-corrected chi connectivity index (χ2v) is 5.86. The number of nitrogens with one attached hydrogen (secondary N) is 1. The lowest BCUT2D eigenvalue weighted by molar-refractivity contribution is -0.384. The SMILES string of the molecule is O=[N+]([O-])c1ccc(F)c(Nc2nc(Cl)ncc2-c2ccc(C(F)(F)F)cc2)c1. The first-order valence-electron chi connectivity index (χ1n) is 7.56. The summed E-state index contributed by atoms with van der Waals surface area (Å²) in [5, 5.41) is 13.3. The molecule has 0 saturated heterocycles. The lowest BCUT2D eigenvalue weighted by Crippen LogP contribution is -2.04. The highest BCUT2D eigenvalue weighted by molar-refractivity contribution is 6.28. The van der Waals surface area contributed by atoms with Crippen LogP contribution in [-0.4, -0.2) is 14.9 Å². The van der Waals surface area contributed by atoms with Crippen molar-refractivity contribution in [3.05, 3.63) is 75.4 Å². The van der Waals surface area contributed by atoms with Gasteiger partial charge in [0, 0.05) is 23.9 Å². The lowest BCUT2D eigenvalue weighted by Gasteiger charge is -2.13. The first-order chi connectivity index (χ1) is 13.1. The van der Waals surface area contributed by atoms with E-state index in [1.165, 1.54) is 18.3 Å². The van der Waals surface area contributed by atoms with E-state index in [0.29, 0.717) is 5.56 Å². The van der Waals surface area contributed by atoms with Gasteiger partial charge in [0.25, 0.3) is 5.69 Å². The standard InChI is InChI=1S/C17H9ClF4N4O2/c18-16-23-8-12(9-1-3-10(4-2-9)17(20,21)22)15(25-16)24-14-7-11(26(27)28)5-6-13(14)19/h1-8H,(H,23,24,25). The van der Waals surface area contributed by atoms with E-state index in [1.54, 1.807) is 0 Å². The van der Waals surface area contributed by atoms with Gasteiger partial charge < -0.3 is 5.32 Å². The molecule has 0 aliphatic carbocycles. The van der Waals surface area contributed by atoms with Crippen LogP contribution in [0.3, 0.4) is 0 Å². The maximum Gasteiger partial charge on any atom is 0.416 e. The predicted molar refractivity (Wildman–Crippen MR) is 93.8 cm³/mol. The van der Waals surface area contributed by atoms with Crippen molar-refractivity contribution in [1.82, 2.24) is 9.97 Å². The van der Waals surface area contributed by atoms with Crippen LogP contribution < -0.4 is 5.32 Å². The third-order valence-electron chi connectivity index (χ3n) is 3.70. The molecule has 6 nitrogen and oxygen atoms in total. The number of hydrogen-bond acceptors (Lipinski definition) is 5. The maximum atomic E-state index is 14.1. The molecule has 0 atom stereocenters. The minimum Gasteiger partial charge on any atom is -0.337 e. The Kier molecular flexibility index (Phi) is 5.14. The Morgan fingerprint density at radius 3 is 2.39 bits per heavy atom. The van der Waals surface area contributed by atoms with Gasteiger partial charge in [0.2, 0.25) is 5.28 Å². The summed E-state index contributed by atoms with van der Waals surface area (Å²) in [6, 6.07) is 7.01. The number of nitro groups is 1. The summed E-state index contributed by atoms with van der Waals surface area (Å²) in [4.78, 5) is 17.9. The summed E-state index contributed by atoms with van der Waals surface area (Å²) < 4.78 is 52.3. The molecule has 0 aliphatic heterocycles. The summed E-state index contributed by atoms with van der Waals surface area (Å²) >= 11 is 5.76. The zero-order chi connectivity index (χ0) is 20.5. The van der Waals surface area contributed by atoms with Gasteiger partial charge in [0.05, 0.1) is 16.2 Å². The number of aromatic nitrogens is 2. The summed E-state index contributed by atoms with van der Waals surface area (Å²) in [6.45, 7) is 0. The Balaban J connectivity index is 2.03. The van der Waals surface area contributed by atoms with Crippen molar-refractivity contribution in [2.24, 2.45) is 0 Å². The number of benzene rings is 2. The van der Waals surface area contributed by atoms with Crippen LogP contribution in [0.1, 0.15) is 5.56 Å². The number of nitrogens with zero attached hydrogens (tertiary/aromatic N) is 3. The van der Waals surface area contributed by atoms with Crippen molar-refractivity contribution in [2.75, 3.05) is 5.32 Å². The molecule has 11 heteroatoms. The molecule has 0 fully saturated rings. The highest BCUT2D eigenvalue weighted by atomic mass is 35.5. The average Bonchev–Trinajstić information content (AvgIpc) is 2.63. The van der Waals surface area contributed by atoms with Crippen molar-refractivity contribution in [1.29, 1.82) is 0 Å². The van der Waals surface area contributed by atoms with Gasteiger partial charge in [0.15, 0.2) is 0 Å². The minimum atomic E-state index is -4.50.